The number of carbonyl (C=O) groups excluding carboxylic acids is 1. The molecule has 0 radical (unpaired) electrons. The number of hydrogen-bond donors (Lipinski definition) is 1. The Bertz CT molecular complexity index is 669. The molecule has 0 aliphatic carbocycles. The number of aryl methyl sites for hydroxylation is 2. The summed E-state index contributed by atoms with van der Waals surface area (Å²) < 4.78 is 0. The van der Waals surface area contributed by atoms with Crippen molar-refractivity contribution < 1.29 is 4.79 Å². The van der Waals surface area contributed by atoms with Crippen molar-refractivity contribution in [1.29, 1.82) is 0 Å². The highest BCUT2D eigenvalue weighted by atomic mass is 32.1. The van der Waals surface area contributed by atoms with E-state index in [1.165, 1.54) is 11.3 Å². The second kappa shape index (κ2) is 7.04. The van der Waals surface area contributed by atoms with Crippen molar-refractivity contribution in [2.75, 3.05) is 24.5 Å². The number of nitrogens with one attached hydrogen (secondary N) is 1. The molecule has 1 aliphatic heterocycles. The van der Waals surface area contributed by atoms with Gasteiger partial charge in [-0.2, -0.15) is 5.10 Å². The van der Waals surface area contributed by atoms with Crippen molar-refractivity contribution in [2.24, 2.45) is 5.92 Å². The van der Waals surface area contributed by atoms with Crippen LogP contribution < -0.4 is 10.2 Å². The van der Waals surface area contributed by atoms with Crippen LogP contribution in [-0.4, -0.2) is 40.7 Å². The van der Waals surface area contributed by atoms with Crippen LogP contribution in [0.1, 0.15) is 34.0 Å². The molecule has 1 unspecified atom stereocenters. The minimum absolute atomic E-state index is 0.0819. The minimum atomic E-state index is -0.0819. The Morgan fingerprint density at radius 2 is 2.26 bits per heavy atom. The molecule has 6 nitrogen and oxygen atoms in total. The molecule has 2 aromatic heterocycles. The molecule has 0 bridgehead atoms. The molecule has 1 N–H and O–H groups in total. The lowest BCUT2D eigenvalue weighted by molar-refractivity contribution is 0.0941. The van der Waals surface area contributed by atoms with Gasteiger partial charge in [0.05, 0.1) is 10.7 Å². The van der Waals surface area contributed by atoms with E-state index in [0.29, 0.717) is 18.2 Å². The number of carbonyl (C=O) groups is 1. The van der Waals surface area contributed by atoms with Crippen LogP contribution in [0.2, 0.25) is 0 Å². The van der Waals surface area contributed by atoms with E-state index in [-0.39, 0.29) is 5.91 Å². The minimum Gasteiger partial charge on any atom is -0.355 e. The molecule has 0 saturated carbocycles. The molecule has 1 saturated heterocycles. The van der Waals surface area contributed by atoms with E-state index in [9.17, 15) is 4.79 Å². The lowest BCUT2D eigenvalue weighted by Gasteiger charge is -2.33. The Hall–Kier alpha value is -2.02. The standard InChI is InChI=1S/C16H21N5OS/c1-11-5-6-15(20-19-11)21-7-3-4-13(9-21)8-17-16(22)14-10-23-12(2)18-14/h5-6,10,13H,3-4,7-9H2,1-2H3,(H,17,22). The van der Waals surface area contributed by atoms with E-state index < -0.39 is 0 Å². The summed E-state index contributed by atoms with van der Waals surface area (Å²) in [6.45, 7) is 6.40. The largest absolute Gasteiger partial charge is 0.355 e. The predicted octanol–water partition coefficient (Wildman–Crippen LogP) is 2.20. The van der Waals surface area contributed by atoms with Gasteiger partial charge in [-0.05, 0) is 44.7 Å². The van der Waals surface area contributed by atoms with Crippen molar-refractivity contribution in [3.05, 3.63) is 33.9 Å². The van der Waals surface area contributed by atoms with Crippen LogP contribution in [0.25, 0.3) is 0 Å². The van der Waals surface area contributed by atoms with Gasteiger partial charge in [0.25, 0.3) is 5.91 Å². The molecule has 1 aliphatic rings. The third-order valence-corrected chi connectivity index (χ3v) is 4.80. The van der Waals surface area contributed by atoms with E-state index in [4.69, 9.17) is 0 Å². The smallest absolute Gasteiger partial charge is 0.270 e. The van der Waals surface area contributed by atoms with Crippen molar-refractivity contribution in [3.8, 4) is 0 Å². The zero-order chi connectivity index (χ0) is 16.2. The number of amides is 1. The summed E-state index contributed by atoms with van der Waals surface area (Å²) in [6, 6.07) is 4.00. The monoisotopic (exact) mass is 331 g/mol. The Kier molecular flexibility index (Phi) is 4.85. The van der Waals surface area contributed by atoms with E-state index in [1.807, 2.05) is 26.0 Å². The maximum Gasteiger partial charge on any atom is 0.270 e. The first-order chi connectivity index (χ1) is 11.1. The van der Waals surface area contributed by atoms with Crippen LogP contribution in [0.5, 0.6) is 0 Å². The van der Waals surface area contributed by atoms with Crippen LogP contribution in [-0.2, 0) is 0 Å². The van der Waals surface area contributed by atoms with Gasteiger partial charge in [0, 0.05) is 25.0 Å². The number of aromatic nitrogens is 3. The average molecular weight is 331 g/mol. The lowest BCUT2D eigenvalue weighted by Crippen LogP contribution is -2.41. The van der Waals surface area contributed by atoms with Crippen LogP contribution in [0.15, 0.2) is 17.5 Å². The molecule has 2 aromatic rings. The van der Waals surface area contributed by atoms with E-state index >= 15 is 0 Å². The van der Waals surface area contributed by atoms with Gasteiger partial charge in [0.2, 0.25) is 0 Å². The predicted molar refractivity (Wildman–Crippen MR) is 90.9 cm³/mol. The quantitative estimate of drug-likeness (QED) is 0.930. The summed E-state index contributed by atoms with van der Waals surface area (Å²) in [5.41, 5.74) is 1.44. The van der Waals surface area contributed by atoms with Gasteiger partial charge in [-0.1, -0.05) is 0 Å². The summed E-state index contributed by atoms with van der Waals surface area (Å²) in [5.74, 6) is 1.26. The zero-order valence-corrected chi connectivity index (χ0v) is 14.3. The fraction of sp³-hybridized carbons (Fsp3) is 0.500. The average Bonchev–Trinajstić information content (AvgIpc) is 3.00. The fourth-order valence-electron chi connectivity index (χ4n) is 2.80. The van der Waals surface area contributed by atoms with Crippen LogP contribution in [0, 0.1) is 19.8 Å². The summed E-state index contributed by atoms with van der Waals surface area (Å²) in [5, 5.41) is 14.1. The molecule has 3 rings (SSSR count). The molecule has 7 heteroatoms. The maximum atomic E-state index is 12.1. The Labute approximate surface area is 140 Å². The summed E-state index contributed by atoms with van der Waals surface area (Å²) in [7, 11) is 0. The first kappa shape index (κ1) is 15.9. The molecule has 122 valence electrons. The highest BCUT2D eigenvalue weighted by Crippen LogP contribution is 2.21. The van der Waals surface area contributed by atoms with Crippen molar-refractivity contribution in [2.45, 2.75) is 26.7 Å². The molecule has 1 fully saturated rings. The zero-order valence-electron chi connectivity index (χ0n) is 13.5. The topological polar surface area (TPSA) is 71.0 Å². The number of thiazole rings is 1. The lowest BCUT2D eigenvalue weighted by atomic mass is 9.98. The van der Waals surface area contributed by atoms with Gasteiger partial charge in [-0.15, -0.1) is 16.4 Å². The molecule has 1 atom stereocenters. The first-order valence-electron chi connectivity index (χ1n) is 7.87. The Morgan fingerprint density at radius 1 is 1.39 bits per heavy atom. The number of anilines is 1. The van der Waals surface area contributed by atoms with Gasteiger partial charge in [-0.25, -0.2) is 4.98 Å². The maximum absolute atomic E-state index is 12.1. The molecule has 3 heterocycles. The fourth-order valence-corrected chi connectivity index (χ4v) is 3.39. The Balaban J connectivity index is 1.54. The molecule has 0 spiro atoms. The summed E-state index contributed by atoms with van der Waals surface area (Å²) in [6.07, 6.45) is 2.22. The van der Waals surface area contributed by atoms with Gasteiger partial charge < -0.3 is 10.2 Å². The molecular formula is C16H21N5OS. The number of nitrogens with zero attached hydrogens (tertiary/aromatic N) is 4. The van der Waals surface area contributed by atoms with E-state index in [1.54, 1.807) is 5.38 Å². The number of piperidine rings is 1. The highest BCUT2D eigenvalue weighted by molar-refractivity contribution is 7.09. The molecular weight excluding hydrogens is 310 g/mol. The van der Waals surface area contributed by atoms with Gasteiger partial charge in [0.1, 0.15) is 5.69 Å². The molecule has 23 heavy (non-hydrogen) atoms. The normalized spacial score (nSPS) is 18.0. The second-order valence-corrected chi connectivity index (χ2v) is 7.01. The van der Waals surface area contributed by atoms with E-state index in [0.717, 1.165) is 42.5 Å². The molecule has 0 aromatic carbocycles. The van der Waals surface area contributed by atoms with Crippen LogP contribution in [0.4, 0.5) is 5.82 Å². The summed E-state index contributed by atoms with van der Waals surface area (Å²) in [4.78, 5) is 18.6. The number of rotatable bonds is 4. The van der Waals surface area contributed by atoms with Crippen molar-refractivity contribution >= 4 is 23.1 Å². The third-order valence-electron chi connectivity index (χ3n) is 4.03. The van der Waals surface area contributed by atoms with E-state index in [2.05, 4.69) is 25.4 Å². The Morgan fingerprint density at radius 3 is 2.96 bits per heavy atom. The first-order valence-corrected chi connectivity index (χ1v) is 8.75. The van der Waals surface area contributed by atoms with Crippen LogP contribution in [0.3, 0.4) is 0 Å². The van der Waals surface area contributed by atoms with Crippen molar-refractivity contribution in [3.63, 3.8) is 0 Å². The van der Waals surface area contributed by atoms with Crippen molar-refractivity contribution in [1.82, 2.24) is 20.5 Å². The SMILES string of the molecule is Cc1ccc(N2CCCC(CNC(=O)c3csc(C)n3)C2)nn1. The molecule has 1 amide bonds. The second-order valence-electron chi connectivity index (χ2n) is 5.95. The third kappa shape index (κ3) is 4.04. The highest BCUT2D eigenvalue weighted by Gasteiger charge is 2.22. The number of hydrogen-bond acceptors (Lipinski definition) is 6. The van der Waals surface area contributed by atoms with Crippen LogP contribution >= 0.6 is 11.3 Å². The van der Waals surface area contributed by atoms with Gasteiger partial charge in [0.15, 0.2) is 5.82 Å². The van der Waals surface area contributed by atoms with Gasteiger partial charge in [-0.3, -0.25) is 4.79 Å². The van der Waals surface area contributed by atoms with Gasteiger partial charge >= 0.3 is 0 Å². The summed E-state index contributed by atoms with van der Waals surface area (Å²) >= 11 is 1.50.